The van der Waals surface area contributed by atoms with E-state index in [4.69, 9.17) is 16.3 Å². The summed E-state index contributed by atoms with van der Waals surface area (Å²) in [5.41, 5.74) is 0.506. The molecule has 0 spiro atoms. The molecule has 1 aliphatic carbocycles. The maximum absolute atomic E-state index is 12.1. The number of rotatable bonds is 3. The summed E-state index contributed by atoms with van der Waals surface area (Å²) in [6.07, 6.45) is 4.51. The molecule has 4 heteroatoms. The lowest BCUT2D eigenvalue weighted by molar-refractivity contribution is 0.0935. The van der Waals surface area contributed by atoms with Gasteiger partial charge in [0.15, 0.2) is 0 Å². The molecule has 1 N–H and O–H groups in total. The lowest BCUT2D eigenvalue weighted by atomic mass is 10.1. The van der Waals surface area contributed by atoms with Crippen LogP contribution >= 0.6 is 11.6 Å². The van der Waals surface area contributed by atoms with Gasteiger partial charge < -0.3 is 10.1 Å². The van der Waals surface area contributed by atoms with Gasteiger partial charge in [-0.25, -0.2) is 0 Å². The first kappa shape index (κ1) is 12.2. The molecule has 1 fully saturated rings. The van der Waals surface area contributed by atoms with Gasteiger partial charge in [0.05, 0.1) is 12.7 Å². The first-order valence-corrected chi connectivity index (χ1v) is 6.23. The van der Waals surface area contributed by atoms with Gasteiger partial charge in [-0.3, -0.25) is 4.79 Å². The highest BCUT2D eigenvalue weighted by Crippen LogP contribution is 2.24. The number of benzene rings is 1. The fraction of sp³-hybridized carbons (Fsp3) is 0.462. The molecule has 0 aliphatic heterocycles. The van der Waals surface area contributed by atoms with E-state index in [0.29, 0.717) is 22.4 Å². The molecule has 1 amide bonds. The van der Waals surface area contributed by atoms with E-state index < -0.39 is 0 Å². The van der Waals surface area contributed by atoms with Gasteiger partial charge in [0.2, 0.25) is 0 Å². The van der Waals surface area contributed by atoms with Crippen LogP contribution in [0, 0.1) is 0 Å². The Morgan fingerprint density at radius 3 is 2.76 bits per heavy atom. The molecule has 17 heavy (non-hydrogen) atoms. The minimum absolute atomic E-state index is 0.101. The summed E-state index contributed by atoms with van der Waals surface area (Å²) < 4.78 is 5.17. The van der Waals surface area contributed by atoms with Gasteiger partial charge in [0.1, 0.15) is 5.75 Å². The number of methoxy groups -OCH3 is 1. The molecule has 1 aliphatic rings. The summed E-state index contributed by atoms with van der Waals surface area (Å²) in [6.45, 7) is 0. The number of amides is 1. The molecule has 0 aromatic heterocycles. The normalized spacial score (nSPS) is 15.9. The minimum Gasteiger partial charge on any atom is -0.496 e. The largest absolute Gasteiger partial charge is 0.496 e. The van der Waals surface area contributed by atoms with Crippen molar-refractivity contribution in [2.45, 2.75) is 31.7 Å². The number of carbonyl (C=O) groups excluding carboxylic acids is 1. The van der Waals surface area contributed by atoms with Gasteiger partial charge in [0, 0.05) is 11.1 Å². The van der Waals surface area contributed by atoms with E-state index in [2.05, 4.69) is 5.32 Å². The first-order chi connectivity index (χ1) is 8.20. The number of carbonyl (C=O) groups is 1. The molecule has 1 saturated carbocycles. The Labute approximate surface area is 106 Å². The summed E-state index contributed by atoms with van der Waals surface area (Å²) in [6, 6.07) is 5.37. The molecule has 0 heterocycles. The number of hydrogen-bond donors (Lipinski definition) is 1. The molecule has 2 rings (SSSR count). The summed E-state index contributed by atoms with van der Waals surface area (Å²) in [5.74, 6) is 0.459. The zero-order chi connectivity index (χ0) is 12.3. The molecular weight excluding hydrogens is 238 g/mol. The second-order valence-corrected chi connectivity index (χ2v) is 4.74. The van der Waals surface area contributed by atoms with Crippen molar-refractivity contribution in [2.24, 2.45) is 0 Å². The third-order valence-electron chi connectivity index (χ3n) is 3.10. The molecule has 0 radical (unpaired) electrons. The van der Waals surface area contributed by atoms with E-state index in [1.807, 2.05) is 0 Å². The van der Waals surface area contributed by atoms with Gasteiger partial charge in [0.25, 0.3) is 5.91 Å². The van der Waals surface area contributed by atoms with Gasteiger partial charge >= 0.3 is 0 Å². The topological polar surface area (TPSA) is 38.3 Å². The van der Waals surface area contributed by atoms with E-state index in [0.717, 1.165) is 12.8 Å². The Kier molecular flexibility index (Phi) is 3.89. The summed E-state index contributed by atoms with van der Waals surface area (Å²) in [5, 5.41) is 3.56. The fourth-order valence-corrected chi connectivity index (χ4v) is 2.36. The molecule has 3 nitrogen and oxygen atoms in total. The Balaban J connectivity index is 2.14. The van der Waals surface area contributed by atoms with Crippen molar-refractivity contribution < 1.29 is 9.53 Å². The number of halogens is 1. The second-order valence-electron chi connectivity index (χ2n) is 4.30. The minimum atomic E-state index is -0.101. The highest BCUT2D eigenvalue weighted by Gasteiger charge is 2.20. The van der Waals surface area contributed by atoms with Crippen molar-refractivity contribution in [3.05, 3.63) is 28.8 Å². The molecule has 92 valence electrons. The molecular formula is C13H16ClNO2. The molecule has 0 atom stereocenters. The van der Waals surface area contributed by atoms with E-state index in [1.165, 1.54) is 12.8 Å². The molecule has 1 aromatic rings. The number of ether oxygens (including phenoxy) is 1. The predicted molar refractivity (Wildman–Crippen MR) is 67.7 cm³/mol. The van der Waals surface area contributed by atoms with Crippen LogP contribution in [-0.4, -0.2) is 19.1 Å². The second kappa shape index (κ2) is 5.41. The standard InChI is InChI=1S/C13H16ClNO2/c1-17-12-7-6-9(14)8-11(12)13(16)15-10-4-2-3-5-10/h6-8,10H,2-5H2,1H3,(H,15,16). The van der Waals surface area contributed by atoms with Crippen LogP contribution in [0.5, 0.6) is 5.75 Å². The smallest absolute Gasteiger partial charge is 0.255 e. The average molecular weight is 254 g/mol. The van der Waals surface area contributed by atoms with Crippen molar-refractivity contribution in [3.8, 4) is 5.75 Å². The maximum Gasteiger partial charge on any atom is 0.255 e. The SMILES string of the molecule is COc1ccc(Cl)cc1C(=O)NC1CCCC1. The lowest BCUT2D eigenvalue weighted by Gasteiger charge is -2.14. The Morgan fingerprint density at radius 2 is 2.12 bits per heavy atom. The van der Waals surface area contributed by atoms with Crippen molar-refractivity contribution in [2.75, 3.05) is 7.11 Å². The zero-order valence-electron chi connectivity index (χ0n) is 9.83. The number of nitrogens with one attached hydrogen (secondary N) is 1. The van der Waals surface area contributed by atoms with E-state index >= 15 is 0 Å². The first-order valence-electron chi connectivity index (χ1n) is 5.85. The summed E-state index contributed by atoms with van der Waals surface area (Å²) in [4.78, 5) is 12.1. The van der Waals surface area contributed by atoms with Crippen LogP contribution in [0.25, 0.3) is 0 Å². The van der Waals surface area contributed by atoms with Crippen LogP contribution in [0.1, 0.15) is 36.0 Å². The van der Waals surface area contributed by atoms with E-state index in [-0.39, 0.29) is 5.91 Å². The fourth-order valence-electron chi connectivity index (χ4n) is 2.19. The molecule has 0 saturated heterocycles. The van der Waals surface area contributed by atoms with Crippen LogP contribution in [0.4, 0.5) is 0 Å². The van der Waals surface area contributed by atoms with Gasteiger partial charge in [-0.1, -0.05) is 24.4 Å². The van der Waals surface area contributed by atoms with Crippen LogP contribution in [0.15, 0.2) is 18.2 Å². The summed E-state index contributed by atoms with van der Waals surface area (Å²) in [7, 11) is 1.55. The third kappa shape index (κ3) is 2.91. The van der Waals surface area contributed by atoms with Gasteiger partial charge in [-0.05, 0) is 31.0 Å². The lowest BCUT2D eigenvalue weighted by Crippen LogP contribution is -2.32. The van der Waals surface area contributed by atoms with Gasteiger partial charge in [-0.15, -0.1) is 0 Å². The van der Waals surface area contributed by atoms with Gasteiger partial charge in [-0.2, -0.15) is 0 Å². The Hall–Kier alpha value is -1.22. The van der Waals surface area contributed by atoms with Crippen molar-refractivity contribution in [1.29, 1.82) is 0 Å². The summed E-state index contributed by atoms with van der Waals surface area (Å²) >= 11 is 5.90. The van der Waals surface area contributed by atoms with E-state index in [1.54, 1.807) is 25.3 Å². The predicted octanol–water partition coefficient (Wildman–Crippen LogP) is 3.02. The van der Waals surface area contributed by atoms with Crippen LogP contribution in [0.3, 0.4) is 0 Å². The molecule has 0 unspecified atom stereocenters. The zero-order valence-corrected chi connectivity index (χ0v) is 10.6. The van der Waals surface area contributed by atoms with Crippen molar-refractivity contribution in [3.63, 3.8) is 0 Å². The van der Waals surface area contributed by atoms with Crippen LogP contribution < -0.4 is 10.1 Å². The molecule has 0 bridgehead atoms. The highest BCUT2D eigenvalue weighted by atomic mass is 35.5. The average Bonchev–Trinajstić information content (AvgIpc) is 2.81. The number of hydrogen-bond acceptors (Lipinski definition) is 2. The monoisotopic (exact) mass is 253 g/mol. The van der Waals surface area contributed by atoms with Crippen molar-refractivity contribution >= 4 is 17.5 Å². The van der Waals surface area contributed by atoms with Crippen molar-refractivity contribution in [1.82, 2.24) is 5.32 Å². The highest BCUT2D eigenvalue weighted by molar-refractivity contribution is 6.31. The Morgan fingerprint density at radius 1 is 1.41 bits per heavy atom. The quantitative estimate of drug-likeness (QED) is 0.899. The van der Waals surface area contributed by atoms with E-state index in [9.17, 15) is 4.79 Å². The molecule has 1 aromatic carbocycles. The third-order valence-corrected chi connectivity index (χ3v) is 3.33. The van der Waals surface area contributed by atoms with Crippen LogP contribution in [-0.2, 0) is 0 Å². The maximum atomic E-state index is 12.1. The van der Waals surface area contributed by atoms with Crippen LogP contribution in [0.2, 0.25) is 5.02 Å². The Bertz CT molecular complexity index is 414.